The molecule has 4 heteroatoms. The van der Waals surface area contributed by atoms with Gasteiger partial charge in [-0.1, -0.05) is 60.7 Å². The van der Waals surface area contributed by atoms with Crippen LogP contribution in [0.4, 0.5) is 0 Å². The smallest absolute Gasteiger partial charge is 0.321 e. The molecule has 0 aliphatic carbocycles. The fourth-order valence-electron chi connectivity index (χ4n) is 2.91. The summed E-state index contributed by atoms with van der Waals surface area (Å²) in [5.74, 6) is -2.00. The van der Waals surface area contributed by atoms with E-state index in [2.05, 4.69) is 0 Å². The normalized spacial score (nSPS) is 19.5. The number of carbonyl (C=O) groups excluding carboxylic acids is 2. The molecule has 1 fully saturated rings. The van der Waals surface area contributed by atoms with Gasteiger partial charge in [0.2, 0.25) is 0 Å². The molecule has 3 rings (SSSR count). The summed E-state index contributed by atoms with van der Waals surface area (Å²) in [6, 6.07) is 19.0. The van der Waals surface area contributed by atoms with Gasteiger partial charge < -0.3 is 9.47 Å². The second-order valence-electron chi connectivity index (χ2n) is 5.26. The molecule has 0 bridgehead atoms. The SMILES string of the molecule is COC(=O)[C@H]1CC(c2ccccc2)(c2ccccc2)OC1=O. The molecule has 22 heavy (non-hydrogen) atoms. The Morgan fingerprint density at radius 2 is 1.55 bits per heavy atom. The second kappa shape index (κ2) is 5.64. The summed E-state index contributed by atoms with van der Waals surface area (Å²) in [5.41, 5.74) is 0.750. The first-order chi connectivity index (χ1) is 10.7. The summed E-state index contributed by atoms with van der Waals surface area (Å²) < 4.78 is 10.4. The summed E-state index contributed by atoms with van der Waals surface area (Å²) in [6.45, 7) is 0. The molecule has 2 aromatic carbocycles. The molecule has 1 aliphatic heterocycles. The summed E-state index contributed by atoms with van der Waals surface area (Å²) in [6.07, 6.45) is 0.243. The van der Waals surface area contributed by atoms with Crippen molar-refractivity contribution in [3.63, 3.8) is 0 Å². The zero-order valence-corrected chi connectivity index (χ0v) is 12.2. The third kappa shape index (κ3) is 2.26. The first-order valence-corrected chi connectivity index (χ1v) is 7.09. The number of hydrogen-bond acceptors (Lipinski definition) is 4. The van der Waals surface area contributed by atoms with Crippen molar-refractivity contribution in [2.75, 3.05) is 7.11 Å². The fraction of sp³-hybridized carbons (Fsp3) is 0.222. The molecule has 2 aromatic rings. The highest BCUT2D eigenvalue weighted by Gasteiger charge is 2.52. The lowest BCUT2D eigenvalue weighted by atomic mass is 9.81. The third-order valence-corrected chi connectivity index (χ3v) is 4.02. The number of methoxy groups -OCH3 is 1. The summed E-state index contributed by atoms with van der Waals surface area (Å²) in [4.78, 5) is 24.1. The molecule has 112 valence electrons. The van der Waals surface area contributed by atoms with E-state index in [0.717, 1.165) is 11.1 Å². The summed E-state index contributed by atoms with van der Waals surface area (Å²) in [5, 5.41) is 0. The van der Waals surface area contributed by atoms with E-state index >= 15 is 0 Å². The topological polar surface area (TPSA) is 52.6 Å². The molecule has 0 N–H and O–H groups in total. The van der Waals surface area contributed by atoms with Gasteiger partial charge in [0.1, 0.15) is 0 Å². The highest BCUT2D eigenvalue weighted by molar-refractivity contribution is 5.97. The minimum atomic E-state index is -0.946. The lowest BCUT2D eigenvalue weighted by Crippen LogP contribution is -2.27. The van der Waals surface area contributed by atoms with E-state index in [4.69, 9.17) is 9.47 Å². The average molecular weight is 296 g/mol. The Morgan fingerprint density at radius 3 is 2.00 bits per heavy atom. The van der Waals surface area contributed by atoms with Gasteiger partial charge in [-0.2, -0.15) is 0 Å². The highest BCUT2D eigenvalue weighted by Crippen LogP contribution is 2.45. The van der Waals surface area contributed by atoms with Crippen LogP contribution in [0.5, 0.6) is 0 Å². The molecule has 0 amide bonds. The number of cyclic esters (lactones) is 1. The van der Waals surface area contributed by atoms with E-state index in [0.29, 0.717) is 0 Å². The molecule has 0 radical (unpaired) electrons. The Hall–Kier alpha value is -2.62. The van der Waals surface area contributed by atoms with Crippen molar-refractivity contribution in [3.8, 4) is 0 Å². The van der Waals surface area contributed by atoms with Gasteiger partial charge in [0.25, 0.3) is 0 Å². The first kappa shape index (κ1) is 14.3. The molecule has 0 saturated carbocycles. The van der Waals surface area contributed by atoms with Gasteiger partial charge in [0.15, 0.2) is 11.5 Å². The Kier molecular flexibility index (Phi) is 3.67. The zero-order valence-electron chi connectivity index (χ0n) is 12.2. The molecular formula is C18H16O4. The number of rotatable bonds is 3. The monoisotopic (exact) mass is 296 g/mol. The van der Waals surface area contributed by atoms with Crippen molar-refractivity contribution in [1.29, 1.82) is 0 Å². The van der Waals surface area contributed by atoms with Crippen LogP contribution in [-0.2, 0) is 24.7 Å². The van der Waals surface area contributed by atoms with Gasteiger partial charge in [0.05, 0.1) is 7.11 Å². The summed E-state index contributed by atoms with van der Waals surface area (Å²) >= 11 is 0. The standard InChI is InChI=1S/C18H16O4/c1-21-16(19)15-12-18(22-17(15)20,13-8-4-2-5-9-13)14-10-6-3-7-11-14/h2-11,15H,12H2,1H3/t15-/m1/s1. The number of esters is 2. The maximum atomic E-state index is 12.2. The molecule has 1 heterocycles. The van der Waals surface area contributed by atoms with Crippen LogP contribution in [0.15, 0.2) is 60.7 Å². The molecular weight excluding hydrogens is 280 g/mol. The van der Waals surface area contributed by atoms with Crippen molar-refractivity contribution in [2.24, 2.45) is 5.92 Å². The Labute approximate surface area is 128 Å². The van der Waals surface area contributed by atoms with Crippen LogP contribution in [0, 0.1) is 5.92 Å². The molecule has 0 aromatic heterocycles. The van der Waals surface area contributed by atoms with E-state index in [1.807, 2.05) is 60.7 Å². The second-order valence-corrected chi connectivity index (χ2v) is 5.26. The van der Waals surface area contributed by atoms with Gasteiger partial charge in [-0.05, 0) is 0 Å². The Balaban J connectivity index is 2.11. The van der Waals surface area contributed by atoms with Crippen LogP contribution >= 0.6 is 0 Å². The maximum Gasteiger partial charge on any atom is 0.321 e. The largest absolute Gasteiger partial charge is 0.468 e. The van der Waals surface area contributed by atoms with E-state index < -0.39 is 23.5 Å². The quantitative estimate of drug-likeness (QED) is 0.645. The van der Waals surface area contributed by atoms with Crippen molar-refractivity contribution < 1.29 is 19.1 Å². The zero-order chi connectivity index (χ0) is 15.6. The van der Waals surface area contributed by atoms with Crippen LogP contribution in [-0.4, -0.2) is 19.0 Å². The molecule has 1 saturated heterocycles. The number of carbonyl (C=O) groups is 2. The van der Waals surface area contributed by atoms with Gasteiger partial charge in [-0.25, -0.2) is 0 Å². The van der Waals surface area contributed by atoms with Gasteiger partial charge >= 0.3 is 11.9 Å². The lowest BCUT2D eigenvalue weighted by Gasteiger charge is -2.28. The van der Waals surface area contributed by atoms with Crippen molar-refractivity contribution in [2.45, 2.75) is 12.0 Å². The van der Waals surface area contributed by atoms with Crippen LogP contribution in [0.25, 0.3) is 0 Å². The van der Waals surface area contributed by atoms with Crippen molar-refractivity contribution in [3.05, 3.63) is 71.8 Å². The van der Waals surface area contributed by atoms with Gasteiger partial charge in [-0.15, -0.1) is 0 Å². The van der Waals surface area contributed by atoms with Crippen LogP contribution in [0.3, 0.4) is 0 Å². The van der Waals surface area contributed by atoms with Crippen LogP contribution in [0.1, 0.15) is 17.5 Å². The van der Waals surface area contributed by atoms with Crippen LogP contribution < -0.4 is 0 Å². The molecule has 0 spiro atoms. The minimum Gasteiger partial charge on any atom is -0.468 e. The van der Waals surface area contributed by atoms with Crippen LogP contribution in [0.2, 0.25) is 0 Å². The average Bonchev–Trinajstić information content (AvgIpc) is 2.94. The fourth-order valence-corrected chi connectivity index (χ4v) is 2.91. The van der Waals surface area contributed by atoms with Gasteiger partial charge in [0, 0.05) is 17.5 Å². The predicted octanol–water partition coefficient (Wildman–Crippen LogP) is 2.67. The third-order valence-electron chi connectivity index (χ3n) is 4.02. The Morgan fingerprint density at radius 1 is 1.05 bits per heavy atom. The van der Waals surface area contributed by atoms with Crippen molar-refractivity contribution in [1.82, 2.24) is 0 Å². The number of benzene rings is 2. The predicted molar refractivity (Wildman–Crippen MR) is 79.9 cm³/mol. The summed E-state index contributed by atoms with van der Waals surface area (Å²) in [7, 11) is 1.28. The number of ether oxygens (including phenoxy) is 2. The number of hydrogen-bond donors (Lipinski definition) is 0. The first-order valence-electron chi connectivity index (χ1n) is 7.09. The minimum absolute atomic E-state index is 0.243. The molecule has 1 aliphatic rings. The Bertz CT molecular complexity index is 639. The molecule has 1 atom stereocenters. The van der Waals surface area contributed by atoms with E-state index in [-0.39, 0.29) is 6.42 Å². The van der Waals surface area contributed by atoms with E-state index in [1.54, 1.807) is 0 Å². The lowest BCUT2D eigenvalue weighted by molar-refractivity contribution is -0.156. The van der Waals surface area contributed by atoms with Gasteiger partial charge in [-0.3, -0.25) is 9.59 Å². The van der Waals surface area contributed by atoms with Crippen molar-refractivity contribution >= 4 is 11.9 Å². The highest BCUT2D eigenvalue weighted by atomic mass is 16.6. The van der Waals surface area contributed by atoms with E-state index in [1.165, 1.54) is 7.11 Å². The maximum absolute atomic E-state index is 12.2. The molecule has 4 nitrogen and oxygen atoms in total. The molecule has 0 unspecified atom stereocenters. The van der Waals surface area contributed by atoms with E-state index in [9.17, 15) is 9.59 Å².